The van der Waals surface area contributed by atoms with E-state index in [1.165, 1.54) is 0 Å². The summed E-state index contributed by atoms with van der Waals surface area (Å²) in [5, 5.41) is 10.7. The summed E-state index contributed by atoms with van der Waals surface area (Å²) < 4.78 is 16.6. The van der Waals surface area contributed by atoms with Gasteiger partial charge in [-0.05, 0) is 43.2 Å². The Morgan fingerprint density at radius 2 is 1.77 bits per heavy atom. The van der Waals surface area contributed by atoms with Gasteiger partial charge in [-0.25, -0.2) is 0 Å². The van der Waals surface area contributed by atoms with Gasteiger partial charge in [0, 0.05) is 5.56 Å². The molecule has 0 aliphatic carbocycles. The number of ether oxygens (including phenoxy) is 3. The van der Waals surface area contributed by atoms with Crippen molar-refractivity contribution in [2.75, 3.05) is 20.8 Å². The molecule has 1 atom stereocenters. The summed E-state index contributed by atoms with van der Waals surface area (Å²) in [6, 6.07) is 12.8. The SMILES string of the molecule is CC=CC=C(C)COc1ccc(C(O)c2ccccc2OC)cc1OC. The van der Waals surface area contributed by atoms with Crippen LogP contribution in [0.1, 0.15) is 31.1 Å². The first-order valence-corrected chi connectivity index (χ1v) is 8.50. The van der Waals surface area contributed by atoms with Crippen LogP contribution in [0.4, 0.5) is 0 Å². The first-order chi connectivity index (χ1) is 12.6. The fourth-order valence-corrected chi connectivity index (χ4v) is 2.55. The van der Waals surface area contributed by atoms with Gasteiger partial charge in [-0.1, -0.05) is 42.5 Å². The van der Waals surface area contributed by atoms with E-state index in [4.69, 9.17) is 14.2 Å². The number of aliphatic hydroxyl groups excluding tert-OH is 1. The third kappa shape index (κ3) is 4.90. The van der Waals surface area contributed by atoms with Crippen molar-refractivity contribution in [1.82, 2.24) is 0 Å². The van der Waals surface area contributed by atoms with Gasteiger partial charge in [-0.15, -0.1) is 0 Å². The van der Waals surface area contributed by atoms with Crippen LogP contribution in [0.5, 0.6) is 17.2 Å². The molecule has 4 heteroatoms. The molecule has 0 bridgehead atoms. The first kappa shape index (κ1) is 19.6. The third-order valence-corrected chi connectivity index (χ3v) is 3.97. The average Bonchev–Trinajstić information content (AvgIpc) is 2.69. The van der Waals surface area contributed by atoms with E-state index in [1.807, 2.05) is 68.5 Å². The highest BCUT2D eigenvalue weighted by Gasteiger charge is 2.17. The van der Waals surface area contributed by atoms with E-state index in [-0.39, 0.29) is 0 Å². The Balaban J connectivity index is 2.22. The second-order valence-electron chi connectivity index (χ2n) is 5.88. The summed E-state index contributed by atoms with van der Waals surface area (Å²) in [5.41, 5.74) is 2.51. The lowest BCUT2D eigenvalue weighted by molar-refractivity contribution is 0.214. The lowest BCUT2D eigenvalue weighted by Crippen LogP contribution is -2.04. The van der Waals surface area contributed by atoms with Crippen molar-refractivity contribution in [3.8, 4) is 17.2 Å². The summed E-state index contributed by atoms with van der Waals surface area (Å²) in [6.07, 6.45) is 5.14. The van der Waals surface area contributed by atoms with Gasteiger partial charge < -0.3 is 19.3 Å². The van der Waals surface area contributed by atoms with Crippen molar-refractivity contribution < 1.29 is 19.3 Å². The molecule has 0 saturated carbocycles. The minimum atomic E-state index is -0.814. The smallest absolute Gasteiger partial charge is 0.161 e. The van der Waals surface area contributed by atoms with Crippen LogP contribution in [0.2, 0.25) is 0 Å². The summed E-state index contributed by atoms with van der Waals surface area (Å²) in [7, 11) is 3.18. The summed E-state index contributed by atoms with van der Waals surface area (Å²) in [5.74, 6) is 1.86. The monoisotopic (exact) mass is 354 g/mol. The predicted octanol–water partition coefficient (Wildman–Crippen LogP) is 4.69. The highest BCUT2D eigenvalue weighted by Crippen LogP contribution is 2.35. The van der Waals surface area contributed by atoms with E-state index in [1.54, 1.807) is 20.3 Å². The molecule has 2 aromatic carbocycles. The molecule has 0 aliphatic rings. The van der Waals surface area contributed by atoms with Crippen LogP contribution < -0.4 is 14.2 Å². The number of rotatable bonds is 8. The van der Waals surface area contributed by atoms with E-state index in [9.17, 15) is 5.11 Å². The van der Waals surface area contributed by atoms with Crippen molar-refractivity contribution in [2.45, 2.75) is 20.0 Å². The second kappa shape index (κ2) is 9.68. The van der Waals surface area contributed by atoms with Gasteiger partial charge in [0.1, 0.15) is 18.5 Å². The molecule has 0 spiro atoms. The molecule has 0 saturated heterocycles. The predicted molar refractivity (Wildman–Crippen MR) is 104 cm³/mol. The van der Waals surface area contributed by atoms with Crippen LogP contribution in [0.25, 0.3) is 0 Å². The molecular weight excluding hydrogens is 328 g/mol. The number of methoxy groups -OCH3 is 2. The van der Waals surface area contributed by atoms with Crippen LogP contribution in [-0.4, -0.2) is 25.9 Å². The fourth-order valence-electron chi connectivity index (χ4n) is 2.55. The summed E-state index contributed by atoms with van der Waals surface area (Å²) in [6.45, 7) is 4.45. The standard InChI is InChI=1S/C22H26O4/c1-5-6-9-16(2)15-26-20-13-12-17(14-21(20)25-4)22(23)18-10-7-8-11-19(18)24-3/h5-14,22-23H,15H2,1-4H3. The number of para-hydroxylation sites is 1. The molecule has 0 aliphatic heterocycles. The molecule has 26 heavy (non-hydrogen) atoms. The van der Waals surface area contributed by atoms with Crippen molar-refractivity contribution in [3.05, 3.63) is 77.4 Å². The molecule has 138 valence electrons. The van der Waals surface area contributed by atoms with Crippen molar-refractivity contribution >= 4 is 0 Å². The largest absolute Gasteiger partial charge is 0.496 e. The Morgan fingerprint density at radius 3 is 2.46 bits per heavy atom. The maximum Gasteiger partial charge on any atom is 0.161 e. The minimum Gasteiger partial charge on any atom is -0.496 e. The quantitative estimate of drug-likeness (QED) is 0.699. The van der Waals surface area contributed by atoms with Crippen LogP contribution in [0.15, 0.2) is 66.3 Å². The zero-order valence-electron chi connectivity index (χ0n) is 15.7. The molecule has 4 nitrogen and oxygen atoms in total. The van der Waals surface area contributed by atoms with Gasteiger partial charge in [0.2, 0.25) is 0 Å². The van der Waals surface area contributed by atoms with Gasteiger partial charge in [0.25, 0.3) is 0 Å². The zero-order chi connectivity index (χ0) is 18.9. The molecule has 0 amide bonds. The van der Waals surface area contributed by atoms with Crippen LogP contribution in [0, 0.1) is 0 Å². The average molecular weight is 354 g/mol. The van der Waals surface area contributed by atoms with Crippen LogP contribution in [-0.2, 0) is 0 Å². The zero-order valence-corrected chi connectivity index (χ0v) is 15.7. The number of hydrogen-bond donors (Lipinski definition) is 1. The lowest BCUT2D eigenvalue weighted by atomic mass is 10.00. The molecule has 2 aromatic rings. The number of aliphatic hydroxyl groups is 1. The van der Waals surface area contributed by atoms with E-state index >= 15 is 0 Å². The highest BCUT2D eigenvalue weighted by molar-refractivity contribution is 5.47. The minimum absolute atomic E-state index is 0.467. The molecule has 2 rings (SSSR count). The highest BCUT2D eigenvalue weighted by atomic mass is 16.5. The molecule has 1 N–H and O–H groups in total. The Hall–Kier alpha value is -2.72. The Morgan fingerprint density at radius 1 is 1.04 bits per heavy atom. The van der Waals surface area contributed by atoms with Crippen molar-refractivity contribution in [1.29, 1.82) is 0 Å². The topological polar surface area (TPSA) is 47.9 Å². The molecule has 1 unspecified atom stereocenters. The number of hydrogen-bond acceptors (Lipinski definition) is 4. The molecular formula is C22H26O4. The van der Waals surface area contributed by atoms with E-state index in [0.29, 0.717) is 35.0 Å². The number of allylic oxidation sites excluding steroid dienone is 3. The first-order valence-electron chi connectivity index (χ1n) is 8.50. The van der Waals surface area contributed by atoms with Gasteiger partial charge in [0.05, 0.1) is 14.2 Å². The maximum absolute atomic E-state index is 10.7. The summed E-state index contributed by atoms with van der Waals surface area (Å²) in [4.78, 5) is 0. The maximum atomic E-state index is 10.7. The third-order valence-electron chi connectivity index (χ3n) is 3.97. The van der Waals surface area contributed by atoms with Crippen molar-refractivity contribution in [2.24, 2.45) is 0 Å². The van der Waals surface area contributed by atoms with E-state index < -0.39 is 6.10 Å². The van der Waals surface area contributed by atoms with E-state index in [0.717, 1.165) is 5.57 Å². The summed E-state index contributed by atoms with van der Waals surface area (Å²) >= 11 is 0. The van der Waals surface area contributed by atoms with Crippen LogP contribution in [0.3, 0.4) is 0 Å². The van der Waals surface area contributed by atoms with Crippen LogP contribution >= 0.6 is 0 Å². The lowest BCUT2D eigenvalue weighted by Gasteiger charge is -2.17. The van der Waals surface area contributed by atoms with Gasteiger partial charge in [0.15, 0.2) is 11.5 Å². The normalized spacial score (nSPS) is 12.9. The Labute approximate surface area is 155 Å². The van der Waals surface area contributed by atoms with E-state index in [2.05, 4.69) is 0 Å². The molecule has 0 radical (unpaired) electrons. The molecule has 0 aromatic heterocycles. The molecule has 0 heterocycles. The Kier molecular flexibility index (Phi) is 7.30. The Bertz CT molecular complexity index is 777. The van der Waals surface area contributed by atoms with Gasteiger partial charge in [-0.2, -0.15) is 0 Å². The second-order valence-corrected chi connectivity index (χ2v) is 5.88. The molecule has 0 fully saturated rings. The van der Waals surface area contributed by atoms with Gasteiger partial charge >= 0.3 is 0 Å². The fraction of sp³-hybridized carbons (Fsp3) is 0.273. The van der Waals surface area contributed by atoms with Gasteiger partial charge in [-0.3, -0.25) is 0 Å². The van der Waals surface area contributed by atoms with Crippen molar-refractivity contribution in [3.63, 3.8) is 0 Å². The number of benzene rings is 2.